The molecule has 4 heterocycles. The van der Waals surface area contributed by atoms with Crippen molar-refractivity contribution < 1.29 is 13.9 Å². The van der Waals surface area contributed by atoms with Crippen LogP contribution in [0.2, 0.25) is 10.0 Å². The molecule has 2 aliphatic rings. The van der Waals surface area contributed by atoms with Gasteiger partial charge in [0.15, 0.2) is 5.82 Å². The molecule has 1 amide bonds. The van der Waals surface area contributed by atoms with Gasteiger partial charge in [0.2, 0.25) is 5.88 Å². The molecule has 0 radical (unpaired) electrons. The number of carbonyl (C=O) groups excluding carboxylic acids is 1. The minimum atomic E-state index is -0.800. The van der Waals surface area contributed by atoms with Crippen LogP contribution in [-0.4, -0.2) is 75.2 Å². The Kier molecular flexibility index (Phi) is 7.89. The topological polar surface area (TPSA) is 88.4 Å². The van der Waals surface area contributed by atoms with E-state index in [9.17, 15) is 9.18 Å². The number of likely N-dealkylation sites (N-methyl/N-ethyl adjacent to an activating group) is 1. The lowest BCUT2D eigenvalue weighted by Gasteiger charge is -2.33. The molecule has 6 rings (SSSR count). The van der Waals surface area contributed by atoms with E-state index in [1.54, 1.807) is 12.3 Å². The molecule has 2 aromatic carbocycles. The number of nitrogens with one attached hydrogen (secondary N) is 1. The Balaban J connectivity index is 1.27. The lowest BCUT2D eigenvalue weighted by Crippen LogP contribution is -2.47. The SMILES string of the molecule is COc1nc(-c2cccc(-c3cccc(NC(=O)c4nc5c(n4C)CCN(C)C5)c3Cl)c2Cl)cnc1CN1CC(F)C1. The van der Waals surface area contributed by atoms with Crippen molar-refractivity contribution in [3.05, 3.63) is 75.5 Å². The minimum Gasteiger partial charge on any atom is -0.480 e. The molecule has 0 saturated carbocycles. The van der Waals surface area contributed by atoms with E-state index in [2.05, 4.69) is 25.2 Å². The molecule has 1 fully saturated rings. The van der Waals surface area contributed by atoms with Gasteiger partial charge in [-0.3, -0.25) is 14.7 Å². The normalized spacial score (nSPS) is 15.8. The first-order valence-corrected chi connectivity index (χ1v) is 14.4. The third kappa shape index (κ3) is 5.35. The predicted molar refractivity (Wildman–Crippen MR) is 161 cm³/mol. The number of ether oxygens (including phenoxy) is 1. The maximum absolute atomic E-state index is 13.3. The van der Waals surface area contributed by atoms with Gasteiger partial charge in [0, 0.05) is 68.6 Å². The highest BCUT2D eigenvalue weighted by molar-refractivity contribution is 6.39. The summed E-state index contributed by atoms with van der Waals surface area (Å²) in [5.41, 5.74) is 5.57. The number of fused-ring (bicyclic) bond motifs is 1. The summed E-state index contributed by atoms with van der Waals surface area (Å²) in [7, 11) is 5.43. The third-order valence-corrected chi connectivity index (χ3v) is 8.57. The number of carbonyl (C=O) groups is 1. The van der Waals surface area contributed by atoms with E-state index in [1.807, 2.05) is 53.9 Å². The molecular weight excluding hydrogens is 580 g/mol. The number of amides is 1. The van der Waals surface area contributed by atoms with Gasteiger partial charge in [-0.1, -0.05) is 53.5 Å². The molecule has 9 nitrogen and oxygen atoms in total. The van der Waals surface area contributed by atoms with Gasteiger partial charge in [0.05, 0.1) is 40.4 Å². The van der Waals surface area contributed by atoms with Crippen molar-refractivity contribution in [2.45, 2.75) is 25.7 Å². The smallest absolute Gasteiger partial charge is 0.291 e. The molecule has 0 spiro atoms. The Hall–Kier alpha value is -3.57. The first kappa shape index (κ1) is 28.5. The van der Waals surface area contributed by atoms with Crippen LogP contribution in [0.1, 0.15) is 27.7 Å². The number of hydrogen-bond acceptors (Lipinski definition) is 7. The molecule has 1 N–H and O–H groups in total. The van der Waals surface area contributed by atoms with E-state index in [0.717, 1.165) is 24.4 Å². The molecule has 42 heavy (non-hydrogen) atoms. The quantitative estimate of drug-likeness (QED) is 0.306. The molecule has 4 aromatic rings. The fraction of sp³-hybridized carbons (Fsp3) is 0.333. The summed E-state index contributed by atoms with van der Waals surface area (Å²) in [6.07, 6.45) is 1.67. The van der Waals surface area contributed by atoms with Crippen LogP contribution < -0.4 is 10.1 Å². The Labute approximate surface area is 253 Å². The second kappa shape index (κ2) is 11.6. The summed E-state index contributed by atoms with van der Waals surface area (Å²) in [6, 6.07) is 11.0. The number of benzene rings is 2. The van der Waals surface area contributed by atoms with E-state index >= 15 is 0 Å². The second-order valence-electron chi connectivity index (χ2n) is 10.7. The monoisotopic (exact) mass is 609 g/mol. The molecule has 0 bridgehead atoms. The Morgan fingerprint density at radius 1 is 1.07 bits per heavy atom. The van der Waals surface area contributed by atoms with Crippen molar-refractivity contribution in [3.63, 3.8) is 0 Å². The maximum Gasteiger partial charge on any atom is 0.291 e. The van der Waals surface area contributed by atoms with Crippen LogP contribution >= 0.6 is 23.2 Å². The summed E-state index contributed by atoms with van der Waals surface area (Å²) in [4.78, 5) is 31.2. The lowest BCUT2D eigenvalue weighted by atomic mass is 10.0. The minimum absolute atomic E-state index is 0.337. The Morgan fingerprint density at radius 3 is 2.52 bits per heavy atom. The number of hydrogen-bond donors (Lipinski definition) is 1. The van der Waals surface area contributed by atoms with E-state index < -0.39 is 6.17 Å². The number of anilines is 1. The number of likely N-dealkylation sites (tertiary alicyclic amines) is 1. The zero-order valence-corrected chi connectivity index (χ0v) is 25.0. The average Bonchev–Trinajstić information content (AvgIpc) is 3.29. The van der Waals surface area contributed by atoms with Crippen molar-refractivity contribution >= 4 is 34.8 Å². The third-order valence-electron chi connectivity index (χ3n) is 7.75. The van der Waals surface area contributed by atoms with Crippen LogP contribution in [0.15, 0.2) is 42.6 Å². The molecule has 218 valence electrons. The van der Waals surface area contributed by atoms with Gasteiger partial charge >= 0.3 is 0 Å². The van der Waals surface area contributed by atoms with Gasteiger partial charge in [0.25, 0.3) is 5.91 Å². The van der Waals surface area contributed by atoms with Crippen molar-refractivity contribution in [3.8, 4) is 28.3 Å². The van der Waals surface area contributed by atoms with Gasteiger partial charge in [-0.15, -0.1) is 0 Å². The number of aromatic nitrogens is 4. The maximum atomic E-state index is 13.3. The average molecular weight is 611 g/mol. The molecular formula is C30H30Cl2FN7O2. The standard InChI is InChI=1S/C30H30Cl2FN7O2/c1-38-11-10-25-23(15-38)35-28(39(25)2)29(41)36-21-9-5-7-19(27(21)32)18-6-4-8-20(26(18)31)22-12-34-24(30(37-22)42-3)16-40-13-17(33)14-40/h4-9,12,17H,10-11,13-16H2,1-3H3,(H,36,41). The Morgan fingerprint density at radius 2 is 1.79 bits per heavy atom. The Bertz CT molecular complexity index is 1670. The number of imidazole rings is 1. The summed E-state index contributed by atoms with van der Waals surface area (Å²) < 4.78 is 20.6. The van der Waals surface area contributed by atoms with Gasteiger partial charge in [-0.25, -0.2) is 14.4 Å². The highest BCUT2D eigenvalue weighted by Crippen LogP contribution is 2.41. The molecule has 0 aliphatic carbocycles. The van der Waals surface area contributed by atoms with E-state index in [4.69, 9.17) is 27.9 Å². The van der Waals surface area contributed by atoms with Gasteiger partial charge in [-0.2, -0.15) is 0 Å². The van der Waals surface area contributed by atoms with E-state index in [1.165, 1.54) is 7.11 Å². The van der Waals surface area contributed by atoms with Crippen LogP contribution in [-0.2, 0) is 26.6 Å². The molecule has 1 saturated heterocycles. The molecule has 0 atom stereocenters. The number of methoxy groups -OCH3 is 1. The highest BCUT2D eigenvalue weighted by atomic mass is 35.5. The highest BCUT2D eigenvalue weighted by Gasteiger charge is 2.28. The molecule has 12 heteroatoms. The number of nitrogens with zero attached hydrogens (tertiary/aromatic N) is 6. The number of alkyl halides is 1. The van der Waals surface area contributed by atoms with Crippen LogP contribution in [0.25, 0.3) is 22.4 Å². The van der Waals surface area contributed by atoms with Gasteiger partial charge in [-0.05, 0) is 13.1 Å². The van der Waals surface area contributed by atoms with Gasteiger partial charge in [0.1, 0.15) is 11.9 Å². The predicted octanol–water partition coefficient (Wildman–Crippen LogP) is 5.25. The zero-order chi connectivity index (χ0) is 29.5. The molecule has 2 aromatic heterocycles. The first-order chi connectivity index (χ1) is 20.2. The van der Waals surface area contributed by atoms with Crippen LogP contribution in [0.3, 0.4) is 0 Å². The van der Waals surface area contributed by atoms with Gasteiger partial charge < -0.3 is 19.5 Å². The molecule has 2 aliphatic heterocycles. The van der Waals surface area contributed by atoms with E-state index in [0.29, 0.717) is 81.7 Å². The summed E-state index contributed by atoms with van der Waals surface area (Å²) >= 11 is 13.8. The largest absolute Gasteiger partial charge is 0.480 e. The fourth-order valence-electron chi connectivity index (χ4n) is 5.46. The first-order valence-electron chi connectivity index (χ1n) is 13.6. The van der Waals surface area contributed by atoms with Crippen molar-refractivity contribution in [2.75, 3.05) is 39.1 Å². The van der Waals surface area contributed by atoms with Crippen LogP contribution in [0.4, 0.5) is 10.1 Å². The zero-order valence-electron chi connectivity index (χ0n) is 23.5. The number of halogens is 3. The van der Waals surface area contributed by atoms with Crippen molar-refractivity contribution in [1.29, 1.82) is 0 Å². The second-order valence-corrected chi connectivity index (χ2v) is 11.4. The lowest BCUT2D eigenvalue weighted by molar-refractivity contribution is 0.0571. The summed E-state index contributed by atoms with van der Waals surface area (Å²) in [6.45, 7) is 2.84. The van der Waals surface area contributed by atoms with Crippen LogP contribution in [0, 0.1) is 0 Å². The number of rotatable bonds is 7. The van der Waals surface area contributed by atoms with Crippen molar-refractivity contribution in [2.24, 2.45) is 7.05 Å². The van der Waals surface area contributed by atoms with E-state index in [-0.39, 0.29) is 5.91 Å². The summed E-state index contributed by atoms with van der Waals surface area (Å²) in [5, 5.41) is 3.71. The van der Waals surface area contributed by atoms with Crippen LogP contribution in [0.5, 0.6) is 5.88 Å². The molecule has 0 unspecified atom stereocenters. The van der Waals surface area contributed by atoms with Crippen molar-refractivity contribution in [1.82, 2.24) is 29.3 Å². The fourth-order valence-corrected chi connectivity index (χ4v) is 6.06. The summed E-state index contributed by atoms with van der Waals surface area (Å²) in [5.74, 6) is 0.365.